The molecule has 0 aliphatic heterocycles. The fourth-order valence-electron chi connectivity index (χ4n) is 1.21. The van der Waals surface area contributed by atoms with Crippen LogP contribution in [-0.4, -0.2) is 26.4 Å². The van der Waals surface area contributed by atoms with Gasteiger partial charge in [-0.1, -0.05) is 0 Å². The van der Waals surface area contributed by atoms with Gasteiger partial charge >= 0.3 is 0 Å². The summed E-state index contributed by atoms with van der Waals surface area (Å²) < 4.78 is 9.90. The Hall–Kier alpha value is -2.04. The van der Waals surface area contributed by atoms with E-state index in [4.69, 9.17) is 15.2 Å². The van der Waals surface area contributed by atoms with Crippen LogP contribution in [0, 0.1) is 0 Å². The fraction of sp³-hybridized carbons (Fsp3) is 0.200. The van der Waals surface area contributed by atoms with Crippen LogP contribution in [0.4, 0.5) is 0 Å². The number of benzene rings is 1. The number of hydrogen-bond donors (Lipinski definition) is 1. The van der Waals surface area contributed by atoms with Gasteiger partial charge in [0.1, 0.15) is 11.5 Å². The molecule has 0 saturated heterocycles. The van der Waals surface area contributed by atoms with Crippen molar-refractivity contribution in [1.29, 1.82) is 0 Å². The van der Waals surface area contributed by atoms with Crippen molar-refractivity contribution in [3.63, 3.8) is 0 Å². The maximum absolute atomic E-state index is 11.0. The van der Waals surface area contributed by atoms with Crippen molar-refractivity contribution in [3.8, 4) is 11.5 Å². The van der Waals surface area contributed by atoms with E-state index in [0.717, 1.165) is 0 Å². The minimum atomic E-state index is -0.655. The molecule has 80 valence electrons. The van der Waals surface area contributed by atoms with E-state index in [1.54, 1.807) is 0 Å². The molecule has 0 aliphatic carbocycles. The Kier molecular flexibility index (Phi) is 3.28. The molecule has 1 aromatic rings. The second kappa shape index (κ2) is 4.45. The summed E-state index contributed by atoms with van der Waals surface area (Å²) in [5.41, 5.74) is 5.54. The lowest BCUT2D eigenvalue weighted by Crippen LogP contribution is -2.13. The molecule has 1 amide bonds. The first-order valence-corrected chi connectivity index (χ1v) is 4.15. The van der Waals surface area contributed by atoms with E-state index in [1.165, 1.54) is 26.4 Å². The van der Waals surface area contributed by atoms with Crippen molar-refractivity contribution in [2.75, 3.05) is 14.2 Å². The van der Waals surface area contributed by atoms with Gasteiger partial charge in [-0.15, -0.1) is 0 Å². The second-order valence-corrected chi connectivity index (χ2v) is 2.78. The molecule has 0 fully saturated rings. The summed E-state index contributed by atoms with van der Waals surface area (Å²) >= 11 is 0. The summed E-state index contributed by atoms with van der Waals surface area (Å²) in [6, 6.07) is 2.79. The molecule has 0 unspecified atom stereocenters. The molecular formula is C10H11NO4. The van der Waals surface area contributed by atoms with Gasteiger partial charge in [-0.3, -0.25) is 9.59 Å². The molecular weight excluding hydrogens is 198 g/mol. The third-order valence-electron chi connectivity index (χ3n) is 1.94. The summed E-state index contributed by atoms with van der Waals surface area (Å²) in [6.45, 7) is 0. The first-order chi connectivity index (χ1) is 7.13. The zero-order chi connectivity index (χ0) is 11.4. The topological polar surface area (TPSA) is 78.6 Å². The highest BCUT2D eigenvalue weighted by Crippen LogP contribution is 2.27. The first kappa shape index (κ1) is 11.0. The zero-order valence-corrected chi connectivity index (χ0v) is 8.44. The van der Waals surface area contributed by atoms with Crippen molar-refractivity contribution >= 4 is 12.2 Å². The lowest BCUT2D eigenvalue weighted by molar-refractivity contribution is 0.0997. The maximum Gasteiger partial charge on any atom is 0.252 e. The van der Waals surface area contributed by atoms with Crippen LogP contribution in [0.5, 0.6) is 11.5 Å². The van der Waals surface area contributed by atoms with E-state index >= 15 is 0 Å². The monoisotopic (exact) mass is 209 g/mol. The molecule has 0 heterocycles. The Morgan fingerprint density at radius 3 is 2.27 bits per heavy atom. The quantitative estimate of drug-likeness (QED) is 0.737. The minimum absolute atomic E-state index is 0.153. The molecule has 5 nitrogen and oxygen atoms in total. The molecule has 0 aliphatic rings. The van der Waals surface area contributed by atoms with E-state index < -0.39 is 5.91 Å². The van der Waals surface area contributed by atoms with Crippen molar-refractivity contribution < 1.29 is 19.1 Å². The van der Waals surface area contributed by atoms with E-state index in [1.807, 2.05) is 0 Å². The van der Waals surface area contributed by atoms with Crippen LogP contribution in [0.15, 0.2) is 12.1 Å². The number of methoxy groups -OCH3 is 2. The van der Waals surface area contributed by atoms with Crippen molar-refractivity contribution in [2.45, 2.75) is 0 Å². The molecule has 0 radical (unpaired) electrons. The molecule has 1 aromatic carbocycles. The number of hydrogen-bond acceptors (Lipinski definition) is 4. The summed E-state index contributed by atoms with van der Waals surface area (Å²) in [5.74, 6) is -0.0330. The van der Waals surface area contributed by atoms with Crippen molar-refractivity contribution in [2.24, 2.45) is 5.73 Å². The lowest BCUT2D eigenvalue weighted by atomic mass is 10.1. The third-order valence-corrected chi connectivity index (χ3v) is 1.94. The number of amides is 1. The first-order valence-electron chi connectivity index (χ1n) is 4.15. The summed E-state index contributed by atoms with van der Waals surface area (Å²) in [4.78, 5) is 21.7. The van der Waals surface area contributed by atoms with E-state index in [9.17, 15) is 9.59 Å². The van der Waals surface area contributed by atoms with Crippen molar-refractivity contribution in [3.05, 3.63) is 23.3 Å². The van der Waals surface area contributed by atoms with Gasteiger partial charge in [0.05, 0.1) is 25.3 Å². The Bertz CT molecular complexity index is 401. The number of nitrogens with two attached hydrogens (primary N) is 1. The highest BCUT2D eigenvalue weighted by atomic mass is 16.5. The Morgan fingerprint density at radius 1 is 1.27 bits per heavy atom. The normalized spacial score (nSPS) is 9.47. The largest absolute Gasteiger partial charge is 0.496 e. The van der Waals surface area contributed by atoms with Gasteiger partial charge in [0, 0.05) is 6.07 Å². The number of carbonyl (C=O) groups is 2. The fourth-order valence-corrected chi connectivity index (χ4v) is 1.21. The molecule has 2 N–H and O–H groups in total. The van der Waals surface area contributed by atoms with Crippen LogP contribution in [0.25, 0.3) is 0 Å². The van der Waals surface area contributed by atoms with Crippen LogP contribution in [0.2, 0.25) is 0 Å². The van der Waals surface area contributed by atoms with Crippen molar-refractivity contribution in [1.82, 2.24) is 0 Å². The molecule has 0 atom stereocenters. The van der Waals surface area contributed by atoms with Crippen LogP contribution in [-0.2, 0) is 0 Å². The molecule has 0 spiro atoms. The molecule has 5 heteroatoms. The van der Waals surface area contributed by atoms with Crippen LogP contribution < -0.4 is 15.2 Å². The Morgan fingerprint density at radius 2 is 1.87 bits per heavy atom. The predicted octanol–water partition coefficient (Wildman–Crippen LogP) is 0.615. The summed E-state index contributed by atoms with van der Waals surface area (Å²) in [7, 11) is 2.83. The van der Waals surface area contributed by atoms with Gasteiger partial charge in [-0.05, 0) is 6.07 Å². The standard InChI is InChI=1S/C10H11NO4/c1-14-8-4-9(15-2)7(10(11)13)3-6(8)5-12/h3-5H,1-2H3,(H2,11,13). The van der Waals surface area contributed by atoms with E-state index in [2.05, 4.69) is 0 Å². The Balaban J connectivity index is 3.40. The number of carbonyl (C=O) groups excluding carboxylic acids is 2. The number of ether oxygens (including phenoxy) is 2. The number of aldehydes is 1. The second-order valence-electron chi connectivity index (χ2n) is 2.78. The van der Waals surface area contributed by atoms with Gasteiger partial charge < -0.3 is 15.2 Å². The maximum atomic E-state index is 11.0. The average molecular weight is 209 g/mol. The molecule has 1 rings (SSSR count). The third kappa shape index (κ3) is 2.07. The van der Waals surface area contributed by atoms with Crippen LogP contribution in [0.3, 0.4) is 0 Å². The Labute approximate surface area is 86.8 Å². The summed E-state index contributed by atoms with van der Waals surface area (Å²) in [6.07, 6.45) is 0.588. The predicted molar refractivity (Wildman–Crippen MR) is 53.5 cm³/mol. The van der Waals surface area contributed by atoms with E-state index in [-0.39, 0.29) is 16.9 Å². The summed E-state index contributed by atoms with van der Waals surface area (Å²) in [5, 5.41) is 0. The van der Waals surface area contributed by atoms with Gasteiger partial charge in [0.2, 0.25) is 0 Å². The van der Waals surface area contributed by atoms with Gasteiger partial charge in [-0.2, -0.15) is 0 Å². The average Bonchev–Trinajstić information content (AvgIpc) is 2.26. The SMILES string of the molecule is COc1cc(OC)c(C(N)=O)cc1C=O. The van der Waals surface area contributed by atoms with Gasteiger partial charge in [-0.25, -0.2) is 0 Å². The smallest absolute Gasteiger partial charge is 0.252 e. The molecule has 0 bridgehead atoms. The number of rotatable bonds is 4. The van der Waals surface area contributed by atoms with Gasteiger partial charge in [0.25, 0.3) is 5.91 Å². The highest BCUT2D eigenvalue weighted by molar-refractivity contribution is 5.98. The molecule has 0 aromatic heterocycles. The minimum Gasteiger partial charge on any atom is -0.496 e. The lowest BCUT2D eigenvalue weighted by Gasteiger charge is -2.09. The van der Waals surface area contributed by atoms with E-state index in [0.29, 0.717) is 12.0 Å². The van der Waals surface area contributed by atoms with Crippen LogP contribution >= 0.6 is 0 Å². The van der Waals surface area contributed by atoms with Crippen LogP contribution in [0.1, 0.15) is 20.7 Å². The molecule has 0 saturated carbocycles. The zero-order valence-electron chi connectivity index (χ0n) is 8.44. The molecule has 15 heavy (non-hydrogen) atoms. The highest BCUT2D eigenvalue weighted by Gasteiger charge is 2.14. The van der Waals surface area contributed by atoms with Gasteiger partial charge in [0.15, 0.2) is 6.29 Å². The number of primary amides is 1.